The quantitative estimate of drug-likeness (QED) is 0.400. The van der Waals surface area contributed by atoms with E-state index in [-0.39, 0.29) is 18.3 Å². The highest BCUT2D eigenvalue weighted by atomic mass is 35.5. The van der Waals surface area contributed by atoms with E-state index in [2.05, 4.69) is 5.32 Å². The number of ether oxygens (including phenoxy) is 3. The smallest absolute Gasteiger partial charge is 0.262 e. The highest BCUT2D eigenvalue weighted by Gasteiger charge is 2.18. The fraction of sp³-hybridized carbons (Fsp3) is 0.333. The van der Waals surface area contributed by atoms with E-state index < -0.39 is 5.91 Å². The molecule has 3 rings (SSSR count). The molecule has 0 unspecified atom stereocenters. The summed E-state index contributed by atoms with van der Waals surface area (Å²) < 4.78 is 17.1. The average molecular weight is 475 g/mol. The van der Waals surface area contributed by atoms with Gasteiger partial charge in [-0.2, -0.15) is 5.26 Å². The number of amides is 1. The van der Waals surface area contributed by atoms with Gasteiger partial charge in [0.25, 0.3) is 5.91 Å². The standard InChI is InChI=1S/C24H24Cl2N2O4/c1-2-30-23-11-16(10-18(13-27)24(29)28-14-20-4-3-9-31-20)5-8-22(23)32-15-17-6-7-19(25)12-21(17)26/h5-8,10-12,20H,2-4,9,14-15H2,1H3,(H,28,29)/b18-10+/t20-/m0/s1. The average Bonchev–Trinajstić information content (AvgIpc) is 3.30. The molecule has 8 heteroatoms. The minimum Gasteiger partial charge on any atom is -0.490 e. The Bertz CT molecular complexity index is 1030. The van der Waals surface area contributed by atoms with Crippen LogP contribution < -0.4 is 14.8 Å². The monoisotopic (exact) mass is 474 g/mol. The summed E-state index contributed by atoms with van der Waals surface area (Å²) in [4.78, 5) is 12.4. The van der Waals surface area contributed by atoms with Crippen LogP contribution in [-0.2, 0) is 16.1 Å². The molecule has 2 aromatic rings. The van der Waals surface area contributed by atoms with Crippen molar-refractivity contribution in [2.24, 2.45) is 0 Å². The predicted molar refractivity (Wildman–Crippen MR) is 124 cm³/mol. The molecular formula is C24H24Cl2N2O4. The van der Waals surface area contributed by atoms with E-state index in [1.165, 1.54) is 6.08 Å². The first-order valence-corrected chi connectivity index (χ1v) is 11.1. The summed E-state index contributed by atoms with van der Waals surface area (Å²) in [5.41, 5.74) is 1.44. The highest BCUT2D eigenvalue weighted by molar-refractivity contribution is 6.35. The molecule has 6 nitrogen and oxygen atoms in total. The van der Waals surface area contributed by atoms with Gasteiger partial charge in [0.15, 0.2) is 11.5 Å². The van der Waals surface area contributed by atoms with Crippen LogP contribution in [0.4, 0.5) is 0 Å². The molecule has 1 aliphatic rings. The molecule has 0 aromatic heterocycles. The van der Waals surface area contributed by atoms with Gasteiger partial charge in [-0.05, 0) is 55.7 Å². The zero-order valence-electron chi connectivity index (χ0n) is 17.7. The van der Waals surface area contributed by atoms with Crippen LogP contribution in [0.25, 0.3) is 6.08 Å². The Morgan fingerprint density at radius 2 is 2.09 bits per heavy atom. The normalized spacial score (nSPS) is 15.8. The number of nitrogens with one attached hydrogen (secondary N) is 1. The summed E-state index contributed by atoms with van der Waals surface area (Å²) in [5.74, 6) is 0.596. The molecule has 1 fully saturated rings. The van der Waals surface area contributed by atoms with Crippen molar-refractivity contribution in [3.8, 4) is 17.6 Å². The fourth-order valence-corrected chi connectivity index (χ4v) is 3.68. The van der Waals surface area contributed by atoms with Crippen LogP contribution in [0, 0.1) is 11.3 Å². The van der Waals surface area contributed by atoms with Crippen molar-refractivity contribution in [1.29, 1.82) is 5.26 Å². The van der Waals surface area contributed by atoms with E-state index in [0.717, 1.165) is 18.4 Å². The van der Waals surface area contributed by atoms with E-state index >= 15 is 0 Å². The van der Waals surface area contributed by atoms with Gasteiger partial charge in [-0.3, -0.25) is 4.79 Å². The number of hydrogen-bond donors (Lipinski definition) is 1. The summed E-state index contributed by atoms with van der Waals surface area (Å²) in [6.45, 7) is 3.63. The first-order valence-electron chi connectivity index (χ1n) is 10.3. The van der Waals surface area contributed by atoms with Crippen molar-refractivity contribution in [2.45, 2.75) is 32.5 Å². The molecule has 0 radical (unpaired) electrons. The Labute approximate surface area is 197 Å². The van der Waals surface area contributed by atoms with Crippen LogP contribution in [0.1, 0.15) is 30.9 Å². The van der Waals surface area contributed by atoms with Gasteiger partial charge in [0, 0.05) is 28.8 Å². The first kappa shape index (κ1) is 23.9. The third kappa shape index (κ3) is 6.64. The molecule has 0 aliphatic carbocycles. The number of nitrogens with zero attached hydrogens (tertiary/aromatic N) is 1. The van der Waals surface area contributed by atoms with Crippen LogP contribution in [0.5, 0.6) is 11.5 Å². The second-order valence-corrected chi connectivity index (χ2v) is 8.02. The first-order chi connectivity index (χ1) is 15.5. The molecule has 1 heterocycles. The third-order valence-electron chi connectivity index (χ3n) is 4.86. The molecule has 1 aliphatic heterocycles. The molecule has 168 valence electrons. The minimum atomic E-state index is -0.432. The molecule has 2 aromatic carbocycles. The van der Waals surface area contributed by atoms with Crippen LogP contribution in [0.3, 0.4) is 0 Å². The largest absolute Gasteiger partial charge is 0.490 e. The van der Waals surface area contributed by atoms with Crippen molar-refractivity contribution >= 4 is 35.2 Å². The maximum Gasteiger partial charge on any atom is 0.262 e. The molecule has 0 bridgehead atoms. The highest BCUT2D eigenvalue weighted by Crippen LogP contribution is 2.31. The van der Waals surface area contributed by atoms with E-state index in [0.29, 0.717) is 46.9 Å². The molecule has 32 heavy (non-hydrogen) atoms. The summed E-state index contributed by atoms with van der Waals surface area (Å²) in [7, 11) is 0. The van der Waals surface area contributed by atoms with Crippen LogP contribution >= 0.6 is 23.2 Å². The lowest BCUT2D eigenvalue weighted by molar-refractivity contribution is -0.117. The summed E-state index contributed by atoms with van der Waals surface area (Å²) in [6.07, 6.45) is 3.42. The minimum absolute atomic E-state index is 0.00654. The second-order valence-electron chi connectivity index (χ2n) is 7.18. The number of halogens is 2. The second kappa shape index (κ2) is 11.8. The number of hydrogen-bond acceptors (Lipinski definition) is 5. The van der Waals surface area contributed by atoms with Gasteiger partial charge in [0.2, 0.25) is 0 Å². The summed E-state index contributed by atoms with van der Waals surface area (Å²) >= 11 is 12.2. The SMILES string of the molecule is CCOc1cc(/C=C(\C#N)C(=O)NC[C@@H]2CCCO2)ccc1OCc1ccc(Cl)cc1Cl. The van der Waals surface area contributed by atoms with E-state index in [1.807, 2.05) is 13.0 Å². The molecule has 0 spiro atoms. The van der Waals surface area contributed by atoms with Crippen LogP contribution in [-0.4, -0.2) is 31.8 Å². The predicted octanol–water partition coefficient (Wildman–Crippen LogP) is 5.17. The van der Waals surface area contributed by atoms with Crippen molar-refractivity contribution in [1.82, 2.24) is 5.32 Å². The maximum absolute atomic E-state index is 12.4. The molecule has 1 saturated heterocycles. The van der Waals surface area contributed by atoms with Gasteiger partial charge in [0.1, 0.15) is 18.2 Å². The van der Waals surface area contributed by atoms with Crippen molar-refractivity contribution < 1.29 is 19.0 Å². The van der Waals surface area contributed by atoms with Crippen molar-refractivity contribution in [3.63, 3.8) is 0 Å². The number of benzene rings is 2. The molecular weight excluding hydrogens is 451 g/mol. The number of carbonyl (C=O) groups is 1. The van der Waals surface area contributed by atoms with Gasteiger partial charge in [-0.1, -0.05) is 35.3 Å². The van der Waals surface area contributed by atoms with Crippen molar-refractivity contribution in [3.05, 3.63) is 63.1 Å². The van der Waals surface area contributed by atoms with E-state index in [4.69, 9.17) is 37.4 Å². The Hall–Kier alpha value is -2.72. The lowest BCUT2D eigenvalue weighted by Gasteiger charge is -2.14. The number of rotatable bonds is 9. The summed E-state index contributed by atoms with van der Waals surface area (Å²) in [6, 6.07) is 12.4. The third-order valence-corrected chi connectivity index (χ3v) is 5.44. The zero-order chi connectivity index (χ0) is 22.9. The Kier molecular flexibility index (Phi) is 8.81. The number of carbonyl (C=O) groups excluding carboxylic acids is 1. The Balaban J connectivity index is 1.71. The molecule has 1 atom stereocenters. The van der Waals surface area contributed by atoms with E-state index in [1.54, 1.807) is 36.4 Å². The topological polar surface area (TPSA) is 80.6 Å². The number of nitriles is 1. The van der Waals surface area contributed by atoms with Crippen LogP contribution in [0.15, 0.2) is 42.0 Å². The Morgan fingerprint density at radius 3 is 2.78 bits per heavy atom. The summed E-state index contributed by atoms with van der Waals surface area (Å²) in [5, 5.41) is 13.3. The lowest BCUT2D eigenvalue weighted by atomic mass is 10.1. The van der Waals surface area contributed by atoms with Gasteiger partial charge < -0.3 is 19.5 Å². The van der Waals surface area contributed by atoms with Crippen LogP contribution in [0.2, 0.25) is 10.0 Å². The lowest BCUT2D eigenvalue weighted by Crippen LogP contribution is -2.32. The Morgan fingerprint density at radius 1 is 1.25 bits per heavy atom. The fourth-order valence-electron chi connectivity index (χ4n) is 3.22. The van der Waals surface area contributed by atoms with E-state index in [9.17, 15) is 10.1 Å². The van der Waals surface area contributed by atoms with Gasteiger partial charge in [-0.15, -0.1) is 0 Å². The van der Waals surface area contributed by atoms with Gasteiger partial charge >= 0.3 is 0 Å². The molecule has 0 saturated carbocycles. The van der Waals surface area contributed by atoms with Gasteiger partial charge in [0.05, 0.1) is 12.7 Å². The van der Waals surface area contributed by atoms with Crippen molar-refractivity contribution in [2.75, 3.05) is 19.8 Å². The van der Waals surface area contributed by atoms with Gasteiger partial charge in [-0.25, -0.2) is 0 Å². The molecule has 1 amide bonds. The maximum atomic E-state index is 12.4. The molecule has 1 N–H and O–H groups in total. The zero-order valence-corrected chi connectivity index (χ0v) is 19.2.